The Balaban J connectivity index is 0. The fourth-order valence-corrected chi connectivity index (χ4v) is 4.31. The molecule has 252 valence electrons. The maximum atomic E-state index is 9.87. The molecule has 0 radical (unpaired) electrons. The molecule has 2 bridgehead atoms. The zero-order valence-electron chi connectivity index (χ0n) is 24.4. The summed E-state index contributed by atoms with van der Waals surface area (Å²) in [5.74, 6) is -1.08. The van der Waals surface area contributed by atoms with Crippen molar-refractivity contribution in [1.29, 1.82) is 0 Å². The fraction of sp³-hybridized carbons (Fsp3) is 0.519. The molecule has 2 aromatic carbocycles. The average molecular weight is 692 g/mol. The van der Waals surface area contributed by atoms with Crippen LogP contribution in [0, 0.1) is 0 Å². The van der Waals surface area contributed by atoms with Gasteiger partial charge in [-0.15, -0.1) is 0 Å². The zero-order valence-corrected chi connectivity index (χ0v) is 26.3. The SMILES string of the molecule is CC(=O)[O-].CO.F[P-](F)(F)(F)(F)F.[Ni+2].[OH3+].c1ccc(CN2CCN3CCN(CC2)CCN(Cc2ccccc2)CC3)cc1. The number of halogens is 6. The van der Waals surface area contributed by atoms with Gasteiger partial charge in [0.1, 0.15) is 0 Å². The standard InChI is InChI=1S/C24H34N4.C2H4O2.CH4O.F6P.Ni.H2O/c1-3-7-23(8-4-1)21-27-17-13-25-11-12-26(14-18-27)16-20-28(19-15-25)22-24-9-5-2-6-10-24;1-2(3)4;1-2;1-7(2,3,4,5)6;;/h1-10H,11-22H2;1H3,(H,3,4);2H,1H3;;;1H2/q;;;-1;+2;. The van der Waals surface area contributed by atoms with Crippen molar-refractivity contribution in [2.45, 2.75) is 20.0 Å². The summed E-state index contributed by atoms with van der Waals surface area (Å²) in [5.41, 5.74) is 2.86. The summed E-state index contributed by atoms with van der Waals surface area (Å²) in [6, 6.07) is 21.9. The van der Waals surface area contributed by atoms with Crippen LogP contribution in [0.4, 0.5) is 25.2 Å². The number of benzene rings is 2. The number of carboxylic acid groups (broad SMARTS) is 1. The molecule has 2 saturated heterocycles. The zero-order chi connectivity index (χ0) is 31.0. The Morgan fingerprint density at radius 1 is 0.651 bits per heavy atom. The molecule has 0 atom stereocenters. The van der Waals surface area contributed by atoms with Crippen LogP contribution >= 0.6 is 7.81 Å². The molecule has 2 aliphatic rings. The number of aliphatic carboxylic acids is 1. The van der Waals surface area contributed by atoms with Crippen molar-refractivity contribution >= 4 is 13.8 Å². The van der Waals surface area contributed by atoms with Crippen LogP contribution in [0.25, 0.3) is 0 Å². The predicted molar refractivity (Wildman–Crippen MR) is 154 cm³/mol. The van der Waals surface area contributed by atoms with Crippen molar-refractivity contribution in [1.82, 2.24) is 19.6 Å². The van der Waals surface area contributed by atoms with Crippen molar-refractivity contribution in [3.05, 3.63) is 71.8 Å². The van der Waals surface area contributed by atoms with Gasteiger partial charge in [0.2, 0.25) is 0 Å². The Morgan fingerprint density at radius 2 is 0.860 bits per heavy atom. The van der Waals surface area contributed by atoms with E-state index in [-0.39, 0.29) is 22.0 Å². The van der Waals surface area contributed by atoms with E-state index in [2.05, 4.69) is 80.3 Å². The molecule has 2 fully saturated rings. The summed E-state index contributed by atoms with van der Waals surface area (Å²) >= 11 is 0. The van der Waals surface area contributed by atoms with Crippen molar-refractivity contribution in [3.8, 4) is 0 Å². The van der Waals surface area contributed by atoms with Crippen LogP contribution in [0.1, 0.15) is 18.1 Å². The van der Waals surface area contributed by atoms with Crippen molar-refractivity contribution in [3.63, 3.8) is 0 Å². The van der Waals surface area contributed by atoms with E-state index in [9.17, 15) is 25.2 Å². The van der Waals surface area contributed by atoms with Gasteiger partial charge in [-0.1, -0.05) is 60.7 Å². The number of hydrogen-bond donors (Lipinski definition) is 1. The minimum atomic E-state index is -10.7. The van der Waals surface area contributed by atoms with E-state index >= 15 is 0 Å². The van der Waals surface area contributed by atoms with Gasteiger partial charge in [0.25, 0.3) is 0 Å². The number of aliphatic hydroxyl groups excluding tert-OH is 1. The first kappa shape index (κ1) is 43.3. The second kappa shape index (κ2) is 19.5. The number of rotatable bonds is 4. The average Bonchev–Trinajstić information content (AvgIpc) is 3.03. The minimum Gasteiger partial charge on any atom is -0.457 e. The van der Waals surface area contributed by atoms with Crippen LogP contribution in [0.2, 0.25) is 0 Å². The van der Waals surface area contributed by atoms with E-state index in [0.29, 0.717) is 0 Å². The molecule has 2 aromatic rings. The van der Waals surface area contributed by atoms with E-state index in [4.69, 9.17) is 15.0 Å². The Bertz CT molecular complexity index is 923. The molecule has 0 saturated carbocycles. The van der Waals surface area contributed by atoms with Crippen LogP contribution in [-0.4, -0.2) is 103 Å². The number of fused-ring (bicyclic) bond motifs is 3. The summed E-state index contributed by atoms with van der Waals surface area (Å²) in [7, 11) is -9.66. The number of carbonyl (C=O) groups is 1. The molecule has 2 aliphatic heterocycles. The molecule has 8 nitrogen and oxygen atoms in total. The smallest absolute Gasteiger partial charge is 0.457 e. The van der Waals surface area contributed by atoms with Crippen LogP contribution in [0.3, 0.4) is 0 Å². The summed E-state index contributed by atoms with van der Waals surface area (Å²) in [4.78, 5) is 19.5. The summed E-state index contributed by atoms with van der Waals surface area (Å²) in [5, 5.41) is 15.9. The first-order valence-corrected chi connectivity index (χ1v) is 15.2. The molecular formula is C27H44F6N4NiO4P+. The third-order valence-corrected chi connectivity index (χ3v) is 6.16. The summed E-state index contributed by atoms with van der Waals surface area (Å²) in [6.07, 6.45) is 0. The van der Waals surface area contributed by atoms with Gasteiger partial charge in [-0.2, -0.15) is 0 Å². The molecule has 43 heavy (non-hydrogen) atoms. The normalized spacial score (nSPS) is 20.9. The Kier molecular flexibility index (Phi) is 19.7. The topological polar surface area (TPSA) is 106 Å². The predicted octanol–water partition coefficient (Wildman–Crippen LogP) is 3.44. The van der Waals surface area contributed by atoms with Gasteiger partial charge in [-0.25, -0.2) is 0 Å². The van der Waals surface area contributed by atoms with Gasteiger partial charge in [0.15, 0.2) is 0 Å². The monoisotopic (exact) mass is 691 g/mol. The number of carbonyl (C=O) groups excluding carboxylic acids is 1. The van der Waals surface area contributed by atoms with E-state index in [1.807, 2.05) is 0 Å². The van der Waals surface area contributed by atoms with Crippen molar-refractivity contribution < 1.29 is 62.2 Å². The van der Waals surface area contributed by atoms with Crippen LogP contribution < -0.4 is 5.11 Å². The quantitative estimate of drug-likeness (QED) is 0.227. The van der Waals surface area contributed by atoms with Gasteiger partial charge < -0.3 is 20.5 Å². The van der Waals surface area contributed by atoms with E-state index in [0.717, 1.165) is 27.1 Å². The van der Waals surface area contributed by atoms with Crippen LogP contribution in [-0.2, 0) is 39.9 Å². The molecule has 0 unspecified atom stereocenters. The van der Waals surface area contributed by atoms with E-state index < -0.39 is 13.8 Å². The number of nitrogens with zero attached hydrogens (tertiary/aromatic N) is 4. The molecule has 16 heteroatoms. The van der Waals surface area contributed by atoms with Crippen LogP contribution in [0.15, 0.2) is 60.7 Å². The molecule has 0 spiro atoms. The maximum absolute atomic E-state index is 10.7. The number of carboxylic acids is 1. The third kappa shape index (κ3) is 26.3. The second-order valence-corrected chi connectivity index (χ2v) is 11.6. The third-order valence-electron chi connectivity index (χ3n) is 6.16. The van der Waals surface area contributed by atoms with Gasteiger partial charge in [0.05, 0.1) is 0 Å². The summed E-state index contributed by atoms with van der Waals surface area (Å²) in [6.45, 7) is 14.9. The summed E-state index contributed by atoms with van der Waals surface area (Å²) < 4.78 is 59.2. The molecule has 0 aromatic heterocycles. The van der Waals surface area contributed by atoms with Crippen molar-refractivity contribution in [2.75, 3.05) is 72.6 Å². The first-order valence-electron chi connectivity index (χ1n) is 13.2. The number of aliphatic hydroxyl groups is 1. The molecule has 0 amide bonds. The minimum absolute atomic E-state index is 0. The second-order valence-electron chi connectivity index (χ2n) is 9.66. The van der Waals surface area contributed by atoms with Gasteiger partial charge >= 0.3 is 49.5 Å². The molecule has 2 heterocycles. The van der Waals surface area contributed by atoms with Gasteiger partial charge in [-0.05, 0) is 18.1 Å². The molecule has 0 aliphatic carbocycles. The van der Waals surface area contributed by atoms with Gasteiger partial charge in [-0.3, -0.25) is 19.6 Å². The maximum Gasteiger partial charge on any atom is 2.00 e. The van der Waals surface area contributed by atoms with E-state index in [1.165, 1.54) is 76.6 Å². The molecule has 4 N–H and O–H groups in total. The van der Waals surface area contributed by atoms with E-state index in [1.54, 1.807) is 0 Å². The van der Waals surface area contributed by atoms with Gasteiger partial charge in [0, 0.05) is 91.6 Å². The largest absolute Gasteiger partial charge is 2.00 e. The molecular weight excluding hydrogens is 648 g/mol. The van der Waals surface area contributed by atoms with Crippen LogP contribution in [0.5, 0.6) is 0 Å². The Labute approximate surface area is 259 Å². The van der Waals surface area contributed by atoms with Crippen molar-refractivity contribution in [2.24, 2.45) is 0 Å². The first-order chi connectivity index (χ1) is 19.0. The molecule has 4 rings (SSSR count). The fourth-order valence-electron chi connectivity index (χ4n) is 4.31. The Hall–Kier alpha value is -1.83. The number of hydrogen-bond acceptors (Lipinski definition) is 7. The Morgan fingerprint density at radius 3 is 1.09 bits per heavy atom.